The van der Waals surface area contributed by atoms with Crippen molar-refractivity contribution in [3.63, 3.8) is 0 Å². The lowest BCUT2D eigenvalue weighted by Gasteiger charge is -2.18. The van der Waals surface area contributed by atoms with Crippen molar-refractivity contribution in [2.45, 2.75) is 33.3 Å². The zero-order valence-corrected chi connectivity index (χ0v) is 13.5. The Balaban J connectivity index is 2.28. The van der Waals surface area contributed by atoms with Gasteiger partial charge in [-0.3, -0.25) is 0 Å². The largest absolute Gasteiger partial charge is 0.388 e. The summed E-state index contributed by atoms with van der Waals surface area (Å²) in [4.78, 5) is 0. The van der Waals surface area contributed by atoms with Gasteiger partial charge in [-0.1, -0.05) is 23.8 Å². The predicted octanol–water partition coefficient (Wildman–Crippen LogP) is 4.79. The van der Waals surface area contributed by atoms with E-state index < -0.39 is 6.10 Å². The summed E-state index contributed by atoms with van der Waals surface area (Å²) in [7, 11) is 0. The second-order valence-corrected chi connectivity index (χ2v) is 6.14. The molecule has 0 aromatic heterocycles. The molecule has 0 heterocycles. The van der Waals surface area contributed by atoms with E-state index in [0.29, 0.717) is 10.9 Å². The number of benzene rings is 2. The first-order valence-electron chi connectivity index (χ1n) is 6.58. The highest BCUT2D eigenvalue weighted by atomic mass is 79.9. The Hall–Kier alpha value is -1.19. The van der Waals surface area contributed by atoms with Crippen molar-refractivity contribution in [3.05, 3.63) is 68.4 Å². The van der Waals surface area contributed by atoms with Gasteiger partial charge < -0.3 is 5.11 Å². The molecule has 0 saturated heterocycles. The van der Waals surface area contributed by atoms with E-state index in [0.717, 1.165) is 22.3 Å². The molecule has 0 amide bonds. The van der Waals surface area contributed by atoms with Crippen LogP contribution in [0.3, 0.4) is 0 Å². The van der Waals surface area contributed by atoms with Crippen LogP contribution < -0.4 is 0 Å². The molecule has 0 aliphatic rings. The molecule has 0 aliphatic carbocycles. The molecule has 2 aromatic rings. The summed E-state index contributed by atoms with van der Waals surface area (Å²) >= 11 is 3.17. The average Bonchev–Trinajstić information content (AvgIpc) is 2.32. The van der Waals surface area contributed by atoms with Crippen LogP contribution in [0.1, 0.15) is 33.9 Å². The number of hydrogen-bond acceptors (Lipinski definition) is 1. The molecule has 0 aliphatic heterocycles. The van der Waals surface area contributed by atoms with E-state index in [2.05, 4.69) is 28.1 Å². The van der Waals surface area contributed by atoms with Crippen LogP contribution >= 0.6 is 15.9 Å². The number of aliphatic hydroxyl groups is 1. The summed E-state index contributed by atoms with van der Waals surface area (Å²) in [6.07, 6.45) is -0.100. The highest BCUT2D eigenvalue weighted by Crippen LogP contribution is 2.27. The molecule has 3 heteroatoms. The first-order valence-corrected chi connectivity index (χ1v) is 7.37. The average molecular weight is 337 g/mol. The van der Waals surface area contributed by atoms with Crippen LogP contribution in [0.5, 0.6) is 0 Å². The molecule has 0 bridgehead atoms. The fourth-order valence-corrected chi connectivity index (χ4v) is 3.13. The summed E-state index contributed by atoms with van der Waals surface area (Å²) < 4.78 is 13.7. The predicted molar refractivity (Wildman–Crippen MR) is 83.4 cm³/mol. The van der Waals surface area contributed by atoms with Crippen LogP contribution in [0.15, 0.2) is 34.8 Å². The molecule has 2 aromatic carbocycles. The number of aryl methyl sites for hydroxylation is 3. The normalized spacial score (nSPS) is 12.5. The monoisotopic (exact) mass is 336 g/mol. The third-order valence-corrected chi connectivity index (χ3v) is 4.09. The number of rotatable bonds is 3. The van der Waals surface area contributed by atoms with Crippen molar-refractivity contribution < 1.29 is 9.50 Å². The topological polar surface area (TPSA) is 20.2 Å². The highest BCUT2D eigenvalue weighted by Gasteiger charge is 2.15. The van der Waals surface area contributed by atoms with Crippen LogP contribution in [0, 0.1) is 26.6 Å². The minimum atomic E-state index is -0.576. The van der Waals surface area contributed by atoms with Gasteiger partial charge in [0.25, 0.3) is 0 Å². The zero-order chi connectivity index (χ0) is 14.9. The second-order valence-electron chi connectivity index (χ2n) is 5.28. The van der Waals surface area contributed by atoms with Gasteiger partial charge in [0, 0.05) is 6.42 Å². The Kier molecular flexibility index (Phi) is 4.61. The van der Waals surface area contributed by atoms with E-state index in [1.807, 2.05) is 20.8 Å². The lowest BCUT2D eigenvalue weighted by Crippen LogP contribution is -2.07. The van der Waals surface area contributed by atoms with Crippen LogP contribution in [0.2, 0.25) is 0 Å². The van der Waals surface area contributed by atoms with Gasteiger partial charge in [0.2, 0.25) is 0 Å². The van der Waals surface area contributed by atoms with Crippen molar-refractivity contribution in [1.82, 2.24) is 0 Å². The van der Waals surface area contributed by atoms with E-state index in [9.17, 15) is 9.50 Å². The summed E-state index contributed by atoms with van der Waals surface area (Å²) in [5.74, 6) is -0.286. The van der Waals surface area contributed by atoms with Crippen LogP contribution in [-0.2, 0) is 6.42 Å². The van der Waals surface area contributed by atoms with Gasteiger partial charge >= 0.3 is 0 Å². The Labute approximate surface area is 127 Å². The number of hydrogen-bond donors (Lipinski definition) is 1. The van der Waals surface area contributed by atoms with Crippen molar-refractivity contribution in [3.8, 4) is 0 Å². The molecular formula is C17H18BrFO. The third kappa shape index (κ3) is 3.28. The second kappa shape index (κ2) is 6.06. The maximum Gasteiger partial charge on any atom is 0.137 e. The van der Waals surface area contributed by atoms with Gasteiger partial charge in [-0.2, -0.15) is 0 Å². The number of aliphatic hydroxyl groups excluding tert-OH is 1. The highest BCUT2D eigenvalue weighted by molar-refractivity contribution is 9.10. The van der Waals surface area contributed by atoms with Crippen LogP contribution in [-0.4, -0.2) is 5.11 Å². The molecule has 1 nitrogen and oxygen atoms in total. The van der Waals surface area contributed by atoms with E-state index >= 15 is 0 Å². The Morgan fingerprint density at radius 3 is 2.25 bits per heavy atom. The smallest absolute Gasteiger partial charge is 0.137 e. The zero-order valence-electron chi connectivity index (χ0n) is 11.9. The van der Waals surface area contributed by atoms with E-state index in [1.54, 1.807) is 12.1 Å². The van der Waals surface area contributed by atoms with Crippen LogP contribution in [0.25, 0.3) is 0 Å². The van der Waals surface area contributed by atoms with Crippen molar-refractivity contribution in [1.29, 1.82) is 0 Å². The molecule has 0 radical (unpaired) electrons. The summed E-state index contributed by atoms with van der Waals surface area (Å²) in [5.41, 5.74) is 5.26. The standard InChI is InChI=1S/C17H18BrFO/c1-10-6-11(2)17(12(3)7-10)16(20)9-13-4-5-15(19)14(18)8-13/h4-8,16,20H,9H2,1-3H3. The maximum atomic E-state index is 13.2. The van der Waals surface area contributed by atoms with Gasteiger partial charge in [-0.15, -0.1) is 0 Å². The molecule has 0 fully saturated rings. The summed E-state index contributed by atoms with van der Waals surface area (Å²) in [6, 6.07) is 9.00. The van der Waals surface area contributed by atoms with Crippen molar-refractivity contribution >= 4 is 15.9 Å². The van der Waals surface area contributed by atoms with E-state index in [4.69, 9.17) is 0 Å². The molecule has 1 N–H and O–H groups in total. The summed E-state index contributed by atoms with van der Waals surface area (Å²) in [6.45, 7) is 6.07. The molecule has 106 valence electrons. The Bertz CT molecular complexity index is 614. The van der Waals surface area contributed by atoms with E-state index in [-0.39, 0.29) is 5.82 Å². The van der Waals surface area contributed by atoms with Gasteiger partial charge in [0.15, 0.2) is 0 Å². The van der Waals surface area contributed by atoms with E-state index in [1.165, 1.54) is 11.6 Å². The molecule has 2 rings (SSSR count). The maximum absolute atomic E-state index is 13.2. The fraction of sp³-hybridized carbons (Fsp3) is 0.294. The minimum Gasteiger partial charge on any atom is -0.388 e. The molecule has 1 unspecified atom stereocenters. The lowest BCUT2D eigenvalue weighted by atomic mass is 9.92. The molecule has 0 saturated carbocycles. The summed E-state index contributed by atoms with van der Waals surface area (Å²) in [5, 5.41) is 10.5. The fourth-order valence-electron chi connectivity index (χ4n) is 2.71. The Morgan fingerprint density at radius 2 is 1.70 bits per heavy atom. The van der Waals surface area contributed by atoms with Gasteiger partial charge in [-0.05, 0) is 71.1 Å². The first-order chi connectivity index (χ1) is 9.38. The van der Waals surface area contributed by atoms with Gasteiger partial charge in [-0.25, -0.2) is 4.39 Å². The molecule has 1 atom stereocenters. The molecule has 20 heavy (non-hydrogen) atoms. The third-order valence-electron chi connectivity index (χ3n) is 3.48. The SMILES string of the molecule is Cc1cc(C)c(C(O)Cc2ccc(F)c(Br)c2)c(C)c1. The van der Waals surface area contributed by atoms with Gasteiger partial charge in [0.05, 0.1) is 10.6 Å². The lowest BCUT2D eigenvalue weighted by molar-refractivity contribution is 0.177. The molecule has 0 spiro atoms. The quantitative estimate of drug-likeness (QED) is 0.854. The Morgan fingerprint density at radius 1 is 1.10 bits per heavy atom. The van der Waals surface area contributed by atoms with Crippen LogP contribution in [0.4, 0.5) is 4.39 Å². The number of halogens is 2. The first kappa shape index (κ1) is 15.2. The molecular weight excluding hydrogens is 319 g/mol. The van der Waals surface area contributed by atoms with Crippen molar-refractivity contribution in [2.24, 2.45) is 0 Å². The van der Waals surface area contributed by atoms with Crippen molar-refractivity contribution in [2.75, 3.05) is 0 Å². The minimum absolute atomic E-state index is 0.286. The van der Waals surface area contributed by atoms with Gasteiger partial charge in [0.1, 0.15) is 5.82 Å².